The Bertz CT molecular complexity index is 894. The van der Waals surface area contributed by atoms with E-state index in [1.165, 1.54) is 17.5 Å². The Morgan fingerprint density at radius 1 is 1.17 bits per heavy atom. The molecule has 0 saturated heterocycles. The van der Waals surface area contributed by atoms with Gasteiger partial charge >= 0.3 is 0 Å². The number of nitrogens with one attached hydrogen (secondary N) is 1. The molecule has 0 aliphatic heterocycles. The van der Waals surface area contributed by atoms with E-state index in [0.717, 1.165) is 41.4 Å². The number of aromatic amines is 1. The van der Waals surface area contributed by atoms with Gasteiger partial charge in [-0.3, -0.25) is 9.69 Å². The maximum atomic E-state index is 12.4. The van der Waals surface area contributed by atoms with Crippen LogP contribution < -0.4 is 5.56 Å². The van der Waals surface area contributed by atoms with Gasteiger partial charge in [0.25, 0.3) is 5.56 Å². The first-order valence-corrected chi connectivity index (χ1v) is 8.06. The van der Waals surface area contributed by atoms with Gasteiger partial charge in [-0.25, -0.2) is 0 Å². The molecular weight excluding hydrogens is 288 g/mol. The third-order valence-corrected chi connectivity index (χ3v) is 4.61. The van der Waals surface area contributed by atoms with Crippen LogP contribution in [0.3, 0.4) is 0 Å². The SMILES string of the molecule is CN(Cc1ccoc1)Cc1cc2cc3c(cc2[nH]c1=O)CCC3. The topological polar surface area (TPSA) is 49.2 Å². The Labute approximate surface area is 134 Å². The lowest BCUT2D eigenvalue weighted by atomic mass is 10.0. The summed E-state index contributed by atoms with van der Waals surface area (Å²) in [5.74, 6) is 0. The van der Waals surface area contributed by atoms with Crippen LogP contribution >= 0.6 is 0 Å². The van der Waals surface area contributed by atoms with E-state index in [-0.39, 0.29) is 5.56 Å². The fourth-order valence-corrected chi connectivity index (χ4v) is 3.49. The molecule has 0 fully saturated rings. The third kappa shape index (κ3) is 2.82. The zero-order valence-electron chi connectivity index (χ0n) is 13.3. The molecule has 4 rings (SSSR count). The minimum atomic E-state index is 0.00879. The monoisotopic (exact) mass is 308 g/mol. The number of hydrogen-bond donors (Lipinski definition) is 1. The number of H-pyrrole nitrogens is 1. The van der Waals surface area contributed by atoms with Gasteiger partial charge in [0.1, 0.15) is 0 Å². The van der Waals surface area contributed by atoms with Crippen molar-refractivity contribution in [1.29, 1.82) is 0 Å². The molecule has 23 heavy (non-hydrogen) atoms. The fourth-order valence-electron chi connectivity index (χ4n) is 3.49. The highest BCUT2D eigenvalue weighted by molar-refractivity contribution is 5.81. The lowest BCUT2D eigenvalue weighted by Gasteiger charge is -2.15. The lowest BCUT2D eigenvalue weighted by molar-refractivity contribution is 0.316. The normalized spacial score (nSPS) is 13.8. The van der Waals surface area contributed by atoms with Crippen LogP contribution in [0.2, 0.25) is 0 Å². The van der Waals surface area contributed by atoms with Crippen LogP contribution in [-0.4, -0.2) is 16.9 Å². The summed E-state index contributed by atoms with van der Waals surface area (Å²) in [5.41, 5.74) is 5.70. The third-order valence-electron chi connectivity index (χ3n) is 4.61. The summed E-state index contributed by atoms with van der Waals surface area (Å²) < 4.78 is 5.10. The van der Waals surface area contributed by atoms with Gasteiger partial charge in [0.2, 0.25) is 0 Å². The average Bonchev–Trinajstić information content (AvgIpc) is 3.17. The van der Waals surface area contributed by atoms with Crippen molar-refractivity contribution in [3.05, 3.63) is 69.4 Å². The highest BCUT2D eigenvalue weighted by Crippen LogP contribution is 2.26. The van der Waals surface area contributed by atoms with Gasteiger partial charge < -0.3 is 9.40 Å². The number of furan rings is 1. The van der Waals surface area contributed by atoms with Crippen LogP contribution in [0, 0.1) is 0 Å². The van der Waals surface area contributed by atoms with E-state index >= 15 is 0 Å². The Balaban J connectivity index is 1.63. The van der Waals surface area contributed by atoms with Crippen molar-refractivity contribution < 1.29 is 4.42 Å². The molecule has 0 atom stereocenters. The molecule has 2 heterocycles. The molecule has 4 nitrogen and oxygen atoms in total. The maximum Gasteiger partial charge on any atom is 0.252 e. The summed E-state index contributed by atoms with van der Waals surface area (Å²) in [5, 5.41) is 1.14. The first kappa shape index (κ1) is 14.3. The number of benzene rings is 1. The molecule has 1 aromatic carbocycles. The lowest BCUT2D eigenvalue weighted by Crippen LogP contribution is -2.23. The minimum Gasteiger partial charge on any atom is -0.472 e. The predicted molar refractivity (Wildman–Crippen MR) is 90.5 cm³/mol. The van der Waals surface area contributed by atoms with Gasteiger partial charge in [0.15, 0.2) is 0 Å². The zero-order chi connectivity index (χ0) is 15.8. The van der Waals surface area contributed by atoms with Crippen molar-refractivity contribution in [3.8, 4) is 0 Å². The number of pyridine rings is 1. The smallest absolute Gasteiger partial charge is 0.252 e. The number of rotatable bonds is 4. The number of fused-ring (bicyclic) bond motifs is 2. The van der Waals surface area contributed by atoms with E-state index in [9.17, 15) is 4.79 Å². The van der Waals surface area contributed by atoms with Crippen molar-refractivity contribution in [2.24, 2.45) is 0 Å². The average molecular weight is 308 g/mol. The first-order chi connectivity index (χ1) is 11.2. The summed E-state index contributed by atoms with van der Waals surface area (Å²) in [6.07, 6.45) is 6.91. The molecule has 0 spiro atoms. The molecule has 1 aliphatic rings. The number of aromatic nitrogens is 1. The minimum absolute atomic E-state index is 0.00879. The Hall–Kier alpha value is -2.33. The standard InChI is InChI=1S/C19H20N2O2/c1-21(10-13-5-6-23-12-13)11-17-8-16-7-14-3-2-4-15(14)9-18(16)20-19(17)22/h5-9,12H,2-4,10-11H2,1H3,(H,20,22). The van der Waals surface area contributed by atoms with Gasteiger partial charge in [-0.1, -0.05) is 0 Å². The Morgan fingerprint density at radius 3 is 2.78 bits per heavy atom. The highest BCUT2D eigenvalue weighted by atomic mass is 16.3. The van der Waals surface area contributed by atoms with E-state index in [2.05, 4.69) is 22.0 Å². The summed E-state index contributed by atoms with van der Waals surface area (Å²) in [6, 6.07) is 8.38. The van der Waals surface area contributed by atoms with Crippen LogP contribution in [0.5, 0.6) is 0 Å². The van der Waals surface area contributed by atoms with Gasteiger partial charge in [-0.05, 0) is 67.1 Å². The molecule has 1 N–H and O–H groups in total. The number of nitrogens with zero attached hydrogens (tertiary/aromatic N) is 1. The quantitative estimate of drug-likeness (QED) is 0.805. The van der Waals surface area contributed by atoms with Crippen LogP contribution in [0.15, 0.2) is 46.0 Å². The van der Waals surface area contributed by atoms with Crippen LogP contribution in [-0.2, 0) is 25.9 Å². The molecule has 0 bridgehead atoms. The largest absolute Gasteiger partial charge is 0.472 e. The Kier molecular flexibility index (Phi) is 3.54. The zero-order valence-corrected chi connectivity index (χ0v) is 13.3. The van der Waals surface area contributed by atoms with Crippen molar-refractivity contribution >= 4 is 10.9 Å². The molecular formula is C19H20N2O2. The molecule has 0 unspecified atom stereocenters. The molecule has 1 aliphatic carbocycles. The van der Waals surface area contributed by atoms with Gasteiger partial charge in [0, 0.05) is 29.7 Å². The molecule has 4 heteroatoms. The van der Waals surface area contributed by atoms with E-state index in [4.69, 9.17) is 4.42 Å². The molecule has 0 radical (unpaired) electrons. The second kappa shape index (κ2) is 5.70. The molecule has 0 amide bonds. The maximum absolute atomic E-state index is 12.4. The van der Waals surface area contributed by atoms with Crippen LogP contribution in [0.25, 0.3) is 10.9 Å². The van der Waals surface area contributed by atoms with Gasteiger partial charge in [0.05, 0.1) is 12.5 Å². The van der Waals surface area contributed by atoms with E-state index in [1.807, 2.05) is 19.2 Å². The summed E-state index contributed by atoms with van der Waals surface area (Å²) >= 11 is 0. The van der Waals surface area contributed by atoms with Gasteiger partial charge in [-0.2, -0.15) is 0 Å². The second-order valence-electron chi connectivity index (χ2n) is 6.49. The molecule has 118 valence electrons. The van der Waals surface area contributed by atoms with Crippen molar-refractivity contribution in [3.63, 3.8) is 0 Å². The molecule has 3 aromatic rings. The fraction of sp³-hybridized carbons (Fsp3) is 0.316. The van der Waals surface area contributed by atoms with Crippen molar-refractivity contribution in [2.75, 3.05) is 7.05 Å². The van der Waals surface area contributed by atoms with Crippen molar-refractivity contribution in [2.45, 2.75) is 32.4 Å². The van der Waals surface area contributed by atoms with E-state index in [0.29, 0.717) is 6.54 Å². The van der Waals surface area contributed by atoms with Crippen molar-refractivity contribution in [1.82, 2.24) is 9.88 Å². The number of hydrogen-bond acceptors (Lipinski definition) is 3. The summed E-state index contributed by atoms with van der Waals surface area (Å²) in [6.45, 7) is 1.38. The molecule has 0 saturated carbocycles. The summed E-state index contributed by atoms with van der Waals surface area (Å²) in [7, 11) is 2.01. The van der Waals surface area contributed by atoms with Gasteiger partial charge in [-0.15, -0.1) is 0 Å². The van der Waals surface area contributed by atoms with E-state index < -0.39 is 0 Å². The second-order valence-corrected chi connectivity index (χ2v) is 6.49. The summed E-state index contributed by atoms with van der Waals surface area (Å²) in [4.78, 5) is 17.5. The Morgan fingerprint density at radius 2 is 2.00 bits per heavy atom. The molecule has 2 aromatic heterocycles. The first-order valence-electron chi connectivity index (χ1n) is 8.06. The predicted octanol–water partition coefficient (Wildman–Crippen LogP) is 3.24. The number of aryl methyl sites for hydroxylation is 2. The highest BCUT2D eigenvalue weighted by Gasteiger charge is 2.13. The van der Waals surface area contributed by atoms with Crippen LogP contribution in [0.4, 0.5) is 0 Å². The van der Waals surface area contributed by atoms with Crippen LogP contribution in [0.1, 0.15) is 28.7 Å². The van der Waals surface area contributed by atoms with E-state index in [1.54, 1.807) is 12.5 Å².